The Morgan fingerprint density at radius 3 is 2.55 bits per heavy atom. The van der Waals surface area contributed by atoms with Gasteiger partial charge in [0.15, 0.2) is 4.34 Å². The van der Waals surface area contributed by atoms with Gasteiger partial charge in [-0.3, -0.25) is 9.59 Å². The van der Waals surface area contributed by atoms with Crippen molar-refractivity contribution in [2.75, 3.05) is 11.1 Å². The highest BCUT2D eigenvalue weighted by Gasteiger charge is 2.21. The number of amides is 2. The van der Waals surface area contributed by atoms with Gasteiger partial charge in [0.1, 0.15) is 0 Å². The van der Waals surface area contributed by atoms with Crippen LogP contribution < -0.4 is 10.6 Å². The molecular formula is C24H27N3O2S2. The maximum atomic E-state index is 13.0. The van der Waals surface area contributed by atoms with Gasteiger partial charge in [0.2, 0.25) is 0 Å². The summed E-state index contributed by atoms with van der Waals surface area (Å²) in [5, 5.41) is 6.06. The van der Waals surface area contributed by atoms with Gasteiger partial charge in [-0.05, 0) is 49.6 Å². The summed E-state index contributed by atoms with van der Waals surface area (Å²) in [4.78, 5) is 30.5. The van der Waals surface area contributed by atoms with E-state index in [2.05, 4.69) is 22.5 Å². The largest absolute Gasteiger partial charge is 0.349 e. The van der Waals surface area contributed by atoms with Gasteiger partial charge >= 0.3 is 0 Å². The highest BCUT2D eigenvalue weighted by atomic mass is 32.2. The molecule has 0 radical (unpaired) electrons. The van der Waals surface area contributed by atoms with Crippen molar-refractivity contribution in [2.45, 2.75) is 55.8 Å². The van der Waals surface area contributed by atoms with Crippen LogP contribution >= 0.6 is 23.1 Å². The first-order valence-corrected chi connectivity index (χ1v) is 12.7. The van der Waals surface area contributed by atoms with Gasteiger partial charge in [0.05, 0.1) is 21.3 Å². The summed E-state index contributed by atoms with van der Waals surface area (Å²) in [6.07, 6.45) is 6.64. The summed E-state index contributed by atoms with van der Waals surface area (Å²) in [5.74, 6) is 0.593. The first kappa shape index (κ1) is 21.8. The SMILES string of the molecule is CCCSc1nc2ccc(NC(=O)c3ccccc3C(=O)NC3CCCCC3)cc2s1. The van der Waals surface area contributed by atoms with Crippen molar-refractivity contribution in [3.8, 4) is 0 Å². The van der Waals surface area contributed by atoms with Crippen LogP contribution in [0.15, 0.2) is 46.8 Å². The van der Waals surface area contributed by atoms with Crippen molar-refractivity contribution < 1.29 is 9.59 Å². The number of thioether (sulfide) groups is 1. The van der Waals surface area contributed by atoms with E-state index >= 15 is 0 Å². The molecule has 0 spiro atoms. The molecule has 2 N–H and O–H groups in total. The molecule has 1 heterocycles. The fourth-order valence-corrected chi connectivity index (χ4v) is 5.85. The molecular weight excluding hydrogens is 426 g/mol. The van der Waals surface area contributed by atoms with E-state index in [9.17, 15) is 9.59 Å². The second-order valence-electron chi connectivity index (χ2n) is 7.82. The number of hydrogen-bond acceptors (Lipinski definition) is 5. The van der Waals surface area contributed by atoms with Gasteiger partial charge in [-0.2, -0.15) is 0 Å². The molecule has 0 unspecified atom stereocenters. The number of aromatic nitrogens is 1. The van der Waals surface area contributed by atoms with Crippen molar-refractivity contribution in [2.24, 2.45) is 0 Å². The Bertz CT molecular complexity index is 1070. The number of carbonyl (C=O) groups is 2. The van der Waals surface area contributed by atoms with E-state index in [1.165, 1.54) is 6.42 Å². The van der Waals surface area contributed by atoms with Gasteiger partial charge in [-0.1, -0.05) is 50.1 Å². The molecule has 3 aromatic rings. The molecule has 0 atom stereocenters. The topological polar surface area (TPSA) is 71.1 Å². The summed E-state index contributed by atoms with van der Waals surface area (Å²) < 4.78 is 2.09. The molecule has 2 amide bonds. The van der Waals surface area contributed by atoms with E-state index < -0.39 is 0 Å². The summed E-state index contributed by atoms with van der Waals surface area (Å²) >= 11 is 3.40. The van der Waals surface area contributed by atoms with Crippen LogP contribution in [0.2, 0.25) is 0 Å². The fraction of sp³-hybridized carbons (Fsp3) is 0.375. The highest BCUT2D eigenvalue weighted by Crippen LogP contribution is 2.31. The Kier molecular flexibility index (Phi) is 7.25. The van der Waals surface area contributed by atoms with Gasteiger partial charge in [0.25, 0.3) is 11.8 Å². The molecule has 2 aromatic carbocycles. The normalized spacial score (nSPS) is 14.5. The third kappa shape index (κ3) is 5.46. The van der Waals surface area contributed by atoms with Gasteiger partial charge in [0, 0.05) is 17.5 Å². The van der Waals surface area contributed by atoms with E-state index in [0.29, 0.717) is 16.8 Å². The summed E-state index contributed by atoms with van der Waals surface area (Å²) in [6, 6.07) is 12.9. The van der Waals surface area contributed by atoms with Crippen LogP contribution in [0.25, 0.3) is 10.2 Å². The molecule has 1 aliphatic carbocycles. The minimum Gasteiger partial charge on any atom is -0.349 e. The maximum Gasteiger partial charge on any atom is 0.256 e. The van der Waals surface area contributed by atoms with Crippen LogP contribution in [-0.4, -0.2) is 28.6 Å². The summed E-state index contributed by atoms with van der Waals surface area (Å²) in [6.45, 7) is 2.15. The van der Waals surface area contributed by atoms with Crippen LogP contribution in [-0.2, 0) is 0 Å². The third-order valence-corrected chi connectivity index (χ3v) is 7.78. The molecule has 162 valence electrons. The van der Waals surface area contributed by atoms with E-state index in [-0.39, 0.29) is 17.9 Å². The third-order valence-electron chi connectivity index (χ3n) is 5.41. The number of hydrogen-bond donors (Lipinski definition) is 2. The van der Waals surface area contributed by atoms with E-state index in [1.807, 2.05) is 18.2 Å². The molecule has 4 rings (SSSR count). The second kappa shape index (κ2) is 10.3. The fourth-order valence-electron chi connectivity index (χ4n) is 3.82. The van der Waals surface area contributed by atoms with Gasteiger partial charge < -0.3 is 10.6 Å². The van der Waals surface area contributed by atoms with E-state index in [0.717, 1.165) is 52.4 Å². The van der Waals surface area contributed by atoms with Crippen molar-refractivity contribution in [3.05, 3.63) is 53.6 Å². The highest BCUT2D eigenvalue weighted by molar-refractivity contribution is 8.01. The minimum atomic E-state index is -0.279. The van der Waals surface area contributed by atoms with Crippen molar-refractivity contribution in [3.63, 3.8) is 0 Å². The number of benzene rings is 2. The molecule has 1 fully saturated rings. The number of fused-ring (bicyclic) bond motifs is 1. The van der Waals surface area contributed by atoms with E-state index in [1.54, 1.807) is 47.4 Å². The molecule has 1 saturated carbocycles. The minimum absolute atomic E-state index is 0.173. The number of nitrogens with one attached hydrogen (secondary N) is 2. The lowest BCUT2D eigenvalue weighted by Crippen LogP contribution is -2.37. The van der Waals surface area contributed by atoms with Crippen molar-refractivity contribution in [1.29, 1.82) is 0 Å². The monoisotopic (exact) mass is 453 g/mol. The standard InChI is InChI=1S/C24H27N3O2S2/c1-2-14-30-24-27-20-13-12-17(15-21(20)31-24)26-23(29)19-11-7-6-10-18(19)22(28)25-16-8-4-3-5-9-16/h6-7,10-13,15-16H,2-5,8-9,14H2,1H3,(H,25,28)(H,26,29). The first-order valence-electron chi connectivity index (χ1n) is 10.9. The van der Waals surface area contributed by atoms with Crippen LogP contribution in [0.1, 0.15) is 66.2 Å². The second-order valence-corrected chi connectivity index (χ2v) is 10.2. The Hall–Kier alpha value is -2.38. The molecule has 0 aliphatic heterocycles. The average Bonchev–Trinajstić information content (AvgIpc) is 3.20. The maximum absolute atomic E-state index is 13.0. The zero-order valence-corrected chi connectivity index (χ0v) is 19.3. The first-order chi connectivity index (χ1) is 15.1. The van der Waals surface area contributed by atoms with E-state index in [4.69, 9.17) is 0 Å². The smallest absolute Gasteiger partial charge is 0.256 e. The van der Waals surface area contributed by atoms with Crippen LogP contribution in [0.3, 0.4) is 0 Å². The molecule has 1 aliphatic rings. The lowest BCUT2D eigenvalue weighted by atomic mass is 9.95. The van der Waals surface area contributed by atoms with Crippen LogP contribution in [0.5, 0.6) is 0 Å². The Balaban J connectivity index is 1.48. The average molecular weight is 454 g/mol. The predicted molar refractivity (Wildman–Crippen MR) is 129 cm³/mol. The van der Waals surface area contributed by atoms with Crippen LogP contribution in [0, 0.1) is 0 Å². The Labute approximate surface area is 191 Å². The molecule has 7 heteroatoms. The number of anilines is 1. The Morgan fingerprint density at radius 2 is 1.81 bits per heavy atom. The quantitative estimate of drug-likeness (QED) is 0.423. The lowest BCUT2D eigenvalue weighted by Gasteiger charge is -2.23. The van der Waals surface area contributed by atoms with Gasteiger partial charge in [-0.15, -0.1) is 11.3 Å². The predicted octanol–water partition coefficient (Wildman–Crippen LogP) is 6.11. The number of nitrogens with zero attached hydrogens (tertiary/aromatic N) is 1. The molecule has 1 aromatic heterocycles. The summed E-state index contributed by atoms with van der Waals surface area (Å²) in [7, 11) is 0. The molecule has 0 saturated heterocycles. The van der Waals surface area contributed by atoms with Crippen molar-refractivity contribution in [1.82, 2.24) is 10.3 Å². The summed E-state index contributed by atoms with van der Waals surface area (Å²) in [5.41, 5.74) is 2.45. The number of carbonyl (C=O) groups excluding carboxylic acids is 2. The zero-order chi connectivity index (χ0) is 21.6. The number of thiazole rings is 1. The molecule has 0 bridgehead atoms. The lowest BCUT2D eigenvalue weighted by molar-refractivity contribution is 0.0917. The van der Waals surface area contributed by atoms with Gasteiger partial charge in [-0.25, -0.2) is 4.98 Å². The number of rotatable bonds is 7. The zero-order valence-electron chi connectivity index (χ0n) is 17.6. The van der Waals surface area contributed by atoms with Crippen molar-refractivity contribution >= 4 is 50.8 Å². The molecule has 31 heavy (non-hydrogen) atoms. The Morgan fingerprint density at radius 1 is 1.06 bits per heavy atom. The molecule has 5 nitrogen and oxygen atoms in total. The van der Waals surface area contributed by atoms with Crippen LogP contribution in [0.4, 0.5) is 5.69 Å².